The zero-order chi connectivity index (χ0) is 20.7. The number of likely N-dealkylation sites (N-methyl/N-ethyl adjacent to an activating group) is 1. The van der Waals surface area contributed by atoms with Crippen LogP contribution in [0.4, 0.5) is 0 Å². The lowest BCUT2D eigenvalue weighted by Gasteiger charge is -2.26. The van der Waals surface area contributed by atoms with E-state index in [1.807, 2.05) is 44.2 Å². The summed E-state index contributed by atoms with van der Waals surface area (Å²) in [7, 11) is -2.54. The van der Waals surface area contributed by atoms with Crippen LogP contribution in [0.1, 0.15) is 25.0 Å². The van der Waals surface area contributed by atoms with Gasteiger partial charge in [0.1, 0.15) is 16.7 Å². The standard InChI is InChI=1S/C21H28N2O4S/c1-5-23(6-2)21(24)18(15-17-10-8-7-9-11-17)22-28(25,26)20-14-16(3)12-13-19(20)27-4/h7-14,18,22H,5-6,15H2,1-4H3. The van der Waals surface area contributed by atoms with Gasteiger partial charge in [-0.3, -0.25) is 4.79 Å². The van der Waals surface area contributed by atoms with Gasteiger partial charge in [0.2, 0.25) is 15.9 Å². The summed E-state index contributed by atoms with van der Waals surface area (Å²) in [6.45, 7) is 6.57. The van der Waals surface area contributed by atoms with Crippen LogP contribution < -0.4 is 9.46 Å². The third-order valence-electron chi connectivity index (χ3n) is 4.56. The minimum Gasteiger partial charge on any atom is -0.495 e. The molecule has 0 aromatic heterocycles. The highest BCUT2D eigenvalue weighted by Crippen LogP contribution is 2.25. The average molecular weight is 405 g/mol. The minimum absolute atomic E-state index is 0.0282. The molecule has 0 heterocycles. The molecule has 2 rings (SSSR count). The van der Waals surface area contributed by atoms with Gasteiger partial charge in [0.15, 0.2) is 0 Å². The number of amides is 1. The van der Waals surface area contributed by atoms with Crippen molar-refractivity contribution in [3.8, 4) is 5.75 Å². The van der Waals surface area contributed by atoms with Crippen molar-refractivity contribution in [3.63, 3.8) is 0 Å². The Labute approximate surface area is 167 Å². The van der Waals surface area contributed by atoms with Crippen LogP contribution >= 0.6 is 0 Å². The number of hydrogen-bond acceptors (Lipinski definition) is 4. The quantitative estimate of drug-likeness (QED) is 0.697. The fraction of sp³-hybridized carbons (Fsp3) is 0.381. The number of benzene rings is 2. The summed E-state index contributed by atoms with van der Waals surface area (Å²) in [6.07, 6.45) is 0.267. The van der Waals surface area contributed by atoms with Crippen LogP contribution in [0.15, 0.2) is 53.4 Å². The van der Waals surface area contributed by atoms with Gasteiger partial charge in [0.25, 0.3) is 0 Å². The fourth-order valence-corrected chi connectivity index (χ4v) is 4.47. The third kappa shape index (κ3) is 5.33. The lowest BCUT2D eigenvalue weighted by Crippen LogP contribution is -2.49. The van der Waals surface area contributed by atoms with Crippen molar-refractivity contribution in [3.05, 3.63) is 59.7 Å². The van der Waals surface area contributed by atoms with Gasteiger partial charge >= 0.3 is 0 Å². The van der Waals surface area contributed by atoms with Gasteiger partial charge in [-0.1, -0.05) is 36.4 Å². The maximum absolute atomic E-state index is 13.1. The monoisotopic (exact) mass is 404 g/mol. The Hall–Kier alpha value is -2.38. The number of rotatable bonds is 9. The summed E-state index contributed by atoms with van der Waals surface area (Å²) in [4.78, 5) is 14.7. The van der Waals surface area contributed by atoms with Crippen molar-refractivity contribution < 1.29 is 17.9 Å². The lowest BCUT2D eigenvalue weighted by molar-refractivity contribution is -0.132. The number of hydrogen-bond donors (Lipinski definition) is 1. The SMILES string of the molecule is CCN(CC)C(=O)C(Cc1ccccc1)NS(=O)(=O)c1cc(C)ccc1OC. The number of methoxy groups -OCH3 is 1. The first kappa shape index (κ1) is 21.9. The molecule has 0 aliphatic heterocycles. The predicted molar refractivity (Wildman–Crippen MR) is 110 cm³/mol. The highest BCUT2D eigenvalue weighted by atomic mass is 32.2. The van der Waals surface area contributed by atoms with Crippen LogP contribution in [0.25, 0.3) is 0 Å². The molecule has 28 heavy (non-hydrogen) atoms. The Morgan fingerprint density at radius 1 is 1.11 bits per heavy atom. The topological polar surface area (TPSA) is 75.7 Å². The van der Waals surface area contributed by atoms with E-state index in [0.29, 0.717) is 13.1 Å². The molecular formula is C21H28N2O4S. The first-order valence-electron chi connectivity index (χ1n) is 9.32. The number of nitrogens with one attached hydrogen (secondary N) is 1. The van der Waals surface area contributed by atoms with Gasteiger partial charge in [0, 0.05) is 13.1 Å². The number of nitrogens with zero attached hydrogens (tertiary/aromatic N) is 1. The molecule has 2 aromatic carbocycles. The van der Waals surface area contributed by atoms with E-state index in [1.165, 1.54) is 7.11 Å². The van der Waals surface area contributed by atoms with Gasteiger partial charge in [-0.2, -0.15) is 4.72 Å². The van der Waals surface area contributed by atoms with E-state index in [2.05, 4.69) is 4.72 Å². The van der Waals surface area contributed by atoms with Gasteiger partial charge < -0.3 is 9.64 Å². The second-order valence-corrected chi connectivity index (χ2v) is 8.21. The first-order valence-corrected chi connectivity index (χ1v) is 10.8. The van der Waals surface area contributed by atoms with Gasteiger partial charge in [-0.05, 0) is 50.5 Å². The van der Waals surface area contributed by atoms with Gasteiger partial charge in [0.05, 0.1) is 7.11 Å². The predicted octanol–water partition coefficient (Wildman–Crippen LogP) is 2.76. The molecule has 0 aliphatic rings. The summed E-state index contributed by atoms with van der Waals surface area (Å²) in [5.41, 5.74) is 1.67. The summed E-state index contributed by atoms with van der Waals surface area (Å²) in [5, 5.41) is 0. The fourth-order valence-electron chi connectivity index (χ4n) is 3.03. The molecule has 0 aliphatic carbocycles. The molecule has 6 nitrogen and oxygen atoms in total. The molecule has 0 bridgehead atoms. The van der Waals surface area contributed by atoms with Crippen LogP contribution in [0.5, 0.6) is 5.75 Å². The molecule has 0 fully saturated rings. The molecule has 1 atom stereocenters. The Morgan fingerprint density at radius 2 is 1.75 bits per heavy atom. The van der Waals surface area contributed by atoms with Crippen LogP contribution in [-0.2, 0) is 21.2 Å². The Morgan fingerprint density at radius 3 is 2.32 bits per heavy atom. The van der Waals surface area contributed by atoms with E-state index in [9.17, 15) is 13.2 Å². The highest BCUT2D eigenvalue weighted by molar-refractivity contribution is 7.89. The second kappa shape index (κ2) is 9.71. The number of carbonyl (C=O) groups excluding carboxylic acids is 1. The maximum Gasteiger partial charge on any atom is 0.244 e. The smallest absolute Gasteiger partial charge is 0.244 e. The van der Waals surface area contributed by atoms with Crippen molar-refractivity contribution in [2.75, 3.05) is 20.2 Å². The molecule has 1 N–H and O–H groups in total. The Balaban J connectivity index is 2.40. The molecule has 2 aromatic rings. The normalized spacial score (nSPS) is 12.4. The Bertz CT molecular complexity index is 894. The highest BCUT2D eigenvalue weighted by Gasteiger charge is 2.30. The third-order valence-corrected chi connectivity index (χ3v) is 6.05. The largest absolute Gasteiger partial charge is 0.495 e. The zero-order valence-electron chi connectivity index (χ0n) is 16.8. The van der Waals surface area contributed by atoms with E-state index in [4.69, 9.17) is 4.74 Å². The molecular weight excluding hydrogens is 376 g/mol. The number of aryl methyl sites for hydroxylation is 1. The van der Waals surface area contributed by atoms with E-state index in [0.717, 1.165) is 11.1 Å². The first-order chi connectivity index (χ1) is 13.3. The molecule has 0 radical (unpaired) electrons. The van der Waals surface area contributed by atoms with Crippen molar-refractivity contribution in [2.45, 2.75) is 38.1 Å². The van der Waals surface area contributed by atoms with Crippen LogP contribution in [-0.4, -0.2) is 45.5 Å². The van der Waals surface area contributed by atoms with Gasteiger partial charge in [-0.25, -0.2) is 8.42 Å². The molecule has 0 spiro atoms. The van der Waals surface area contributed by atoms with E-state index in [1.54, 1.807) is 30.0 Å². The van der Waals surface area contributed by atoms with Crippen molar-refractivity contribution in [1.29, 1.82) is 0 Å². The van der Waals surface area contributed by atoms with E-state index >= 15 is 0 Å². The summed E-state index contributed by atoms with van der Waals surface area (Å²) >= 11 is 0. The van der Waals surface area contributed by atoms with Crippen molar-refractivity contribution in [1.82, 2.24) is 9.62 Å². The van der Waals surface area contributed by atoms with E-state index < -0.39 is 16.1 Å². The minimum atomic E-state index is -3.96. The van der Waals surface area contributed by atoms with Crippen LogP contribution in [0.3, 0.4) is 0 Å². The summed E-state index contributed by atoms with van der Waals surface area (Å²) in [5.74, 6) is -0.00380. The molecule has 152 valence electrons. The Kier molecular flexibility index (Phi) is 7.60. The lowest BCUT2D eigenvalue weighted by atomic mass is 10.1. The van der Waals surface area contributed by atoms with Crippen molar-refractivity contribution in [2.24, 2.45) is 0 Å². The summed E-state index contributed by atoms with van der Waals surface area (Å²) in [6, 6.07) is 13.4. The number of sulfonamides is 1. The molecule has 0 saturated carbocycles. The number of carbonyl (C=O) groups is 1. The van der Waals surface area contributed by atoms with Gasteiger partial charge in [-0.15, -0.1) is 0 Å². The number of ether oxygens (including phenoxy) is 1. The molecule has 1 amide bonds. The van der Waals surface area contributed by atoms with Crippen LogP contribution in [0, 0.1) is 6.92 Å². The molecule has 0 saturated heterocycles. The molecule has 1 unspecified atom stereocenters. The zero-order valence-corrected chi connectivity index (χ0v) is 17.6. The average Bonchev–Trinajstić information content (AvgIpc) is 2.69. The summed E-state index contributed by atoms with van der Waals surface area (Å²) < 4.78 is 34.0. The van der Waals surface area contributed by atoms with Crippen LogP contribution in [0.2, 0.25) is 0 Å². The maximum atomic E-state index is 13.1. The van der Waals surface area contributed by atoms with Crippen molar-refractivity contribution >= 4 is 15.9 Å². The second-order valence-electron chi connectivity index (χ2n) is 6.53. The van der Waals surface area contributed by atoms with E-state index in [-0.39, 0.29) is 23.0 Å². The molecule has 7 heteroatoms.